The van der Waals surface area contributed by atoms with Gasteiger partial charge < -0.3 is 4.74 Å². The first-order chi connectivity index (χ1) is 15.2. The lowest BCUT2D eigenvalue weighted by Gasteiger charge is -2.19. The molecule has 0 aromatic heterocycles. The van der Waals surface area contributed by atoms with E-state index in [0.717, 1.165) is 36.8 Å². The summed E-state index contributed by atoms with van der Waals surface area (Å²) in [4.78, 5) is 12.5. The quantitative estimate of drug-likeness (QED) is 0.608. The van der Waals surface area contributed by atoms with E-state index in [1.807, 2.05) is 25.1 Å². The molecular weight excluding hydrogens is 429 g/mol. The summed E-state index contributed by atoms with van der Waals surface area (Å²) in [6, 6.07) is 10.4. The summed E-state index contributed by atoms with van der Waals surface area (Å²) in [5, 5.41) is 0. The van der Waals surface area contributed by atoms with Gasteiger partial charge in [-0.3, -0.25) is 9.52 Å². The van der Waals surface area contributed by atoms with E-state index in [-0.39, 0.29) is 18.3 Å². The summed E-state index contributed by atoms with van der Waals surface area (Å²) in [7, 11) is -3.68. The average Bonchev–Trinajstić information content (AvgIpc) is 3.30. The maximum absolute atomic E-state index is 14.5. The molecule has 1 N–H and O–H groups in total. The van der Waals surface area contributed by atoms with Crippen LogP contribution in [-0.4, -0.2) is 25.2 Å². The Morgan fingerprint density at radius 2 is 1.88 bits per heavy atom. The largest absolute Gasteiger partial charge is 0.490 e. The first-order valence-electron chi connectivity index (χ1n) is 11.3. The molecule has 172 valence electrons. The lowest BCUT2D eigenvalue weighted by molar-refractivity contribution is -0.118. The SMILES string of the molecule is CCc1c(F)cccc1-c1cc(CC(=O)NS(=O)(=O)C2(C)CC2)ccc1OC1CCCC1. The Hall–Kier alpha value is -2.41. The predicted molar refractivity (Wildman–Crippen MR) is 123 cm³/mol. The zero-order valence-corrected chi connectivity index (χ0v) is 19.4. The van der Waals surface area contributed by atoms with Gasteiger partial charge in [0.15, 0.2) is 0 Å². The lowest BCUT2D eigenvalue weighted by atomic mass is 9.94. The molecule has 0 saturated heterocycles. The summed E-state index contributed by atoms with van der Waals surface area (Å²) < 4.78 is 46.9. The first kappa shape index (κ1) is 22.8. The van der Waals surface area contributed by atoms with Crippen molar-refractivity contribution < 1.29 is 22.3 Å². The Morgan fingerprint density at radius 3 is 2.53 bits per heavy atom. The number of hydrogen-bond acceptors (Lipinski definition) is 4. The van der Waals surface area contributed by atoms with E-state index >= 15 is 0 Å². The molecule has 0 bridgehead atoms. The van der Waals surface area contributed by atoms with Gasteiger partial charge in [0.05, 0.1) is 17.3 Å². The van der Waals surface area contributed by atoms with Crippen LogP contribution >= 0.6 is 0 Å². The molecule has 0 atom stereocenters. The summed E-state index contributed by atoms with van der Waals surface area (Å²) in [5.41, 5.74) is 2.71. The van der Waals surface area contributed by atoms with E-state index in [9.17, 15) is 17.6 Å². The number of amides is 1. The highest BCUT2D eigenvalue weighted by molar-refractivity contribution is 7.91. The summed E-state index contributed by atoms with van der Waals surface area (Å²) in [6.07, 6.45) is 5.94. The van der Waals surface area contributed by atoms with Gasteiger partial charge in [0.25, 0.3) is 0 Å². The van der Waals surface area contributed by atoms with E-state index in [1.54, 1.807) is 19.1 Å². The van der Waals surface area contributed by atoms with Gasteiger partial charge in [0.1, 0.15) is 11.6 Å². The molecule has 0 radical (unpaired) electrons. The molecule has 2 aliphatic carbocycles. The van der Waals surface area contributed by atoms with Gasteiger partial charge in [0.2, 0.25) is 15.9 Å². The molecule has 5 nitrogen and oxygen atoms in total. The Morgan fingerprint density at radius 1 is 1.16 bits per heavy atom. The fourth-order valence-electron chi connectivity index (χ4n) is 4.30. The van der Waals surface area contributed by atoms with Crippen LogP contribution in [0, 0.1) is 5.82 Å². The van der Waals surface area contributed by atoms with Gasteiger partial charge in [-0.15, -0.1) is 0 Å². The van der Waals surface area contributed by atoms with Gasteiger partial charge in [-0.25, -0.2) is 12.8 Å². The Bertz CT molecular complexity index is 1120. The molecule has 7 heteroatoms. The van der Waals surface area contributed by atoms with Gasteiger partial charge >= 0.3 is 0 Å². The van der Waals surface area contributed by atoms with Gasteiger partial charge in [0, 0.05) is 5.56 Å². The summed E-state index contributed by atoms with van der Waals surface area (Å²) in [5.74, 6) is -0.174. The van der Waals surface area contributed by atoms with E-state index < -0.39 is 20.7 Å². The van der Waals surface area contributed by atoms with Crippen LogP contribution in [0.15, 0.2) is 36.4 Å². The second-order valence-corrected chi connectivity index (χ2v) is 11.3. The second kappa shape index (κ2) is 8.85. The molecule has 2 aromatic rings. The minimum atomic E-state index is -3.68. The molecule has 32 heavy (non-hydrogen) atoms. The van der Waals surface area contributed by atoms with Crippen LogP contribution in [0.3, 0.4) is 0 Å². The van der Waals surface area contributed by atoms with E-state index in [0.29, 0.717) is 36.1 Å². The van der Waals surface area contributed by atoms with Crippen LogP contribution in [0.2, 0.25) is 0 Å². The molecule has 2 saturated carbocycles. The number of nitrogens with one attached hydrogen (secondary N) is 1. The van der Waals surface area contributed by atoms with E-state index in [2.05, 4.69) is 4.72 Å². The third kappa shape index (κ3) is 4.68. The number of rotatable bonds is 8. The van der Waals surface area contributed by atoms with Gasteiger partial charge in [-0.1, -0.05) is 25.1 Å². The molecule has 0 heterocycles. The number of halogens is 1. The topological polar surface area (TPSA) is 72.5 Å². The minimum absolute atomic E-state index is 0.0806. The van der Waals surface area contributed by atoms with Crippen molar-refractivity contribution in [2.24, 2.45) is 0 Å². The molecular formula is C25H30FNO4S. The maximum Gasteiger partial charge on any atom is 0.240 e. The Kier molecular flexibility index (Phi) is 6.30. The van der Waals surface area contributed by atoms with Crippen molar-refractivity contribution in [2.45, 2.75) is 76.1 Å². The van der Waals surface area contributed by atoms with E-state index in [4.69, 9.17) is 4.74 Å². The molecule has 2 aliphatic rings. The highest BCUT2D eigenvalue weighted by Crippen LogP contribution is 2.42. The van der Waals surface area contributed by atoms with Crippen LogP contribution in [0.1, 0.15) is 63.5 Å². The zero-order chi connectivity index (χ0) is 22.9. The third-order valence-corrected chi connectivity index (χ3v) is 8.82. The highest BCUT2D eigenvalue weighted by Gasteiger charge is 2.50. The average molecular weight is 460 g/mol. The van der Waals surface area contributed by atoms with Crippen molar-refractivity contribution in [1.29, 1.82) is 0 Å². The normalized spacial score (nSPS) is 17.8. The number of carbonyl (C=O) groups excluding carboxylic acids is 1. The van der Waals surface area contributed by atoms with Crippen molar-refractivity contribution in [3.05, 3.63) is 53.3 Å². The molecule has 4 rings (SSSR count). The van der Waals surface area contributed by atoms with Gasteiger partial charge in [-0.2, -0.15) is 0 Å². The smallest absolute Gasteiger partial charge is 0.240 e. The minimum Gasteiger partial charge on any atom is -0.490 e. The highest BCUT2D eigenvalue weighted by atomic mass is 32.2. The molecule has 0 unspecified atom stereocenters. The Labute approximate surface area is 189 Å². The van der Waals surface area contributed by atoms with Crippen LogP contribution in [0.5, 0.6) is 5.75 Å². The standard InChI is InChI=1S/C25H30FNO4S/c1-3-19-20(9-6-10-22(19)26)21-15-17(11-12-23(21)31-18-7-4-5-8-18)16-24(28)27-32(29,30)25(2)13-14-25/h6,9-12,15,18H,3-5,7-8,13-14,16H2,1-2H3,(H,27,28). The summed E-state index contributed by atoms with van der Waals surface area (Å²) >= 11 is 0. The van der Waals surface area contributed by atoms with Crippen molar-refractivity contribution >= 4 is 15.9 Å². The number of ether oxygens (including phenoxy) is 1. The first-order valence-corrected chi connectivity index (χ1v) is 12.8. The molecule has 1 amide bonds. The number of sulfonamides is 1. The lowest BCUT2D eigenvalue weighted by Crippen LogP contribution is -2.39. The number of carbonyl (C=O) groups is 1. The van der Waals surface area contributed by atoms with Crippen molar-refractivity contribution in [1.82, 2.24) is 4.72 Å². The van der Waals surface area contributed by atoms with Crippen molar-refractivity contribution in [3.63, 3.8) is 0 Å². The fourth-order valence-corrected chi connectivity index (χ4v) is 5.55. The zero-order valence-electron chi connectivity index (χ0n) is 18.6. The van der Waals surface area contributed by atoms with E-state index in [1.165, 1.54) is 6.07 Å². The van der Waals surface area contributed by atoms with Gasteiger partial charge in [-0.05, 0) is 86.8 Å². The second-order valence-electron chi connectivity index (χ2n) is 9.13. The molecule has 0 aliphatic heterocycles. The fraction of sp³-hybridized carbons (Fsp3) is 0.480. The van der Waals surface area contributed by atoms with Crippen molar-refractivity contribution in [2.75, 3.05) is 0 Å². The van der Waals surface area contributed by atoms with Crippen LogP contribution < -0.4 is 9.46 Å². The number of hydrogen-bond donors (Lipinski definition) is 1. The van der Waals surface area contributed by atoms with Crippen LogP contribution in [0.4, 0.5) is 4.39 Å². The predicted octanol–water partition coefficient (Wildman–Crippen LogP) is 4.92. The monoisotopic (exact) mass is 459 g/mol. The molecule has 2 aromatic carbocycles. The molecule has 2 fully saturated rings. The van der Waals surface area contributed by atoms with Crippen LogP contribution in [-0.2, 0) is 27.7 Å². The Balaban J connectivity index is 1.64. The third-order valence-electron chi connectivity index (χ3n) is 6.62. The molecule has 0 spiro atoms. The van der Waals surface area contributed by atoms with Crippen LogP contribution in [0.25, 0.3) is 11.1 Å². The maximum atomic E-state index is 14.5. The number of benzene rings is 2. The van der Waals surface area contributed by atoms with Crippen molar-refractivity contribution in [3.8, 4) is 16.9 Å². The summed E-state index contributed by atoms with van der Waals surface area (Å²) in [6.45, 7) is 3.55.